The summed E-state index contributed by atoms with van der Waals surface area (Å²) in [5.74, 6) is 0.705. The predicted octanol–water partition coefficient (Wildman–Crippen LogP) is 3.05. The number of hydrogen-bond donors (Lipinski definition) is 1. The molecule has 0 spiro atoms. The summed E-state index contributed by atoms with van der Waals surface area (Å²) in [5, 5.41) is 0. The first-order valence-corrected chi connectivity index (χ1v) is 7.28. The van der Waals surface area contributed by atoms with Crippen LogP contribution in [0.25, 0.3) is 0 Å². The van der Waals surface area contributed by atoms with E-state index in [0.29, 0.717) is 18.0 Å². The van der Waals surface area contributed by atoms with Crippen LogP contribution in [0.15, 0.2) is 32.1 Å². The van der Waals surface area contributed by atoms with E-state index < -0.39 is 0 Å². The lowest BCUT2D eigenvalue weighted by Gasteiger charge is -2.26. The van der Waals surface area contributed by atoms with E-state index in [2.05, 4.69) is 60.0 Å². The van der Waals surface area contributed by atoms with Crippen LogP contribution in [0.5, 0.6) is 0 Å². The number of aliphatic imine (C=N–C) groups is 1. The van der Waals surface area contributed by atoms with Crippen molar-refractivity contribution < 1.29 is 0 Å². The lowest BCUT2D eigenvalue weighted by atomic mass is 10.1. The normalized spacial score (nSPS) is 24.0. The van der Waals surface area contributed by atoms with Gasteiger partial charge in [0.05, 0.1) is 12.6 Å². The summed E-state index contributed by atoms with van der Waals surface area (Å²) in [4.78, 5) is 6.66. The van der Waals surface area contributed by atoms with Crippen LogP contribution in [0.3, 0.4) is 0 Å². The van der Waals surface area contributed by atoms with Gasteiger partial charge in [-0.15, -0.1) is 0 Å². The molecule has 0 radical (unpaired) electrons. The van der Waals surface area contributed by atoms with Crippen LogP contribution in [0.2, 0.25) is 0 Å². The molecule has 1 fully saturated rings. The molecule has 0 amide bonds. The Morgan fingerprint density at radius 3 is 2.65 bits per heavy atom. The van der Waals surface area contributed by atoms with E-state index in [4.69, 9.17) is 5.73 Å². The summed E-state index contributed by atoms with van der Waals surface area (Å²) in [6.45, 7) is 0.774. The first-order chi connectivity index (χ1) is 8.16. The zero-order valence-corrected chi connectivity index (χ0v) is 12.4. The Kier molecular flexibility index (Phi) is 2.91. The second-order valence-corrected chi connectivity index (χ2v) is 6.24. The zero-order chi connectivity index (χ0) is 12.0. The van der Waals surface area contributed by atoms with Crippen LogP contribution in [-0.2, 0) is 0 Å². The summed E-state index contributed by atoms with van der Waals surface area (Å²) in [6.07, 6.45) is 2.48. The highest BCUT2D eigenvalue weighted by atomic mass is 79.9. The molecule has 17 heavy (non-hydrogen) atoms. The lowest BCUT2D eigenvalue weighted by molar-refractivity contribution is 0.338. The van der Waals surface area contributed by atoms with Crippen molar-refractivity contribution in [2.45, 2.75) is 24.9 Å². The van der Waals surface area contributed by atoms with Crippen LogP contribution in [0.4, 0.5) is 0 Å². The van der Waals surface area contributed by atoms with Gasteiger partial charge in [0.1, 0.15) is 0 Å². The Labute approximate surface area is 117 Å². The number of nitrogens with zero attached hydrogens (tertiary/aromatic N) is 2. The monoisotopic (exact) mass is 357 g/mol. The minimum absolute atomic E-state index is 0.312. The van der Waals surface area contributed by atoms with E-state index in [1.165, 1.54) is 18.4 Å². The maximum Gasteiger partial charge on any atom is 0.192 e. The predicted molar refractivity (Wildman–Crippen MR) is 75.9 cm³/mol. The lowest BCUT2D eigenvalue weighted by Crippen LogP contribution is -2.37. The van der Waals surface area contributed by atoms with E-state index in [9.17, 15) is 0 Å². The summed E-state index contributed by atoms with van der Waals surface area (Å²) >= 11 is 7.04. The van der Waals surface area contributed by atoms with E-state index in [1.807, 2.05) is 0 Å². The first kappa shape index (κ1) is 11.5. The fourth-order valence-electron chi connectivity index (χ4n) is 2.29. The summed E-state index contributed by atoms with van der Waals surface area (Å²) < 4.78 is 2.15. The molecule has 1 aliphatic heterocycles. The van der Waals surface area contributed by atoms with Gasteiger partial charge in [-0.05, 0) is 62.4 Å². The van der Waals surface area contributed by atoms with Crippen LogP contribution in [0.1, 0.15) is 24.4 Å². The number of rotatable bonds is 2. The molecule has 1 unspecified atom stereocenters. The molecule has 1 aliphatic carbocycles. The molecule has 2 N–H and O–H groups in total. The Morgan fingerprint density at radius 1 is 1.24 bits per heavy atom. The fraction of sp³-hybridized carbons (Fsp3) is 0.417. The number of halogens is 2. The summed E-state index contributed by atoms with van der Waals surface area (Å²) in [7, 11) is 0. The minimum atomic E-state index is 0.312. The third-order valence-electron chi connectivity index (χ3n) is 3.30. The van der Waals surface area contributed by atoms with Gasteiger partial charge in [0.15, 0.2) is 5.96 Å². The van der Waals surface area contributed by atoms with Crippen LogP contribution in [-0.4, -0.2) is 23.4 Å². The van der Waals surface area contributed by atoms with Crippen molar-refractivity contribution in [3.05, 3.63) is 32.7 Å². The van der Waals surface area contributed by atoms with Crippen LogP contribution in [0, 0.1) is 0 Å². The average molecular weight is 359 g/mol. The maximum absolute atomic E-state index is 5.97. The molecular weight excluding hydrogens is 346 g/mol. The van der Waals surface area contributed by atoms with Gasteiger partial charge < -0.3 is 10.6 Å². The molecule has 3 rings (SSSR count). The van der Waals surface area contributed by atoms with Crippen molar-refractivity contribution in [1.82, 2.24) is 4.90 Å². The fourth-order valence-corrected chi connectivity index (χ4v) is 2.93. The summed E-state index contributed by atoms with van der Waals surface area (Å²) in [6, 6.07) is 7.28. The maximum atomic E-state index is 5.97. The number of nitrogens with two attached hydrogens (primary N) is 1. The molecule has 0 bridgehead atoms. The van der Waals surface area contributed by atoms with Gasteiger partial charge in [0, 0.05) is 15.0 Å². The van der Waals surface area contributed by atoms with E-state index >= 15 is 0 Å². The SMILES string of the molecule is NC1=NCC(c2ccc(Br)c(Br)c2)N1C1CC1. The standard InChI is InChI=1S/C12H13Br2N3/c13-9-4-1-7(5-10(9)14)11-6-16-12(15)17(11)8-2-3-8/h1,4-5,8,11H,2-3,6H2,(H2,15,16). The molecule has 2 aliphatic rings. The molecule has 0 saturated heterocycles. The summed E-state index contributed by atoms with van der Waals surface area (Å²) in [5.41, 5.74) is 7.24. The zero-order valence-electron chi connectivity index (χ0n) is 9.24. The molecule has 1 aromatic rings. The number of benzene rings is 1. The number of guanidine groups is 1. The van der Waals surface area contributed by atoms with Gasteiger partial charge in [0.25, 0.3) is 0 Å². The highest BCUT2D eigenvalue weighted by Gasteiger charge is 2.38. The van der Waals surface area contributed by atoms with Crippen molar-refractivity contribution in [2.24, 2.45) is 10.7 Å². The second-order valence-electron chi connectivity index (χ2n) is 4.53. The van der Waals surface area contributed by atoms with Gasteiger partial charge in [-0.25, -0.2) is 0 Å². The molecule has 1 heterocycles. The van der Waals surface area contributed by atoms with Crippen molar-refractivity contribution in [1.29, 1.82) is 0 Å². The Hall–Kier alpha value is -0.550. The van der Waals surface area contributed by atoms with Gasteiger partial charge >= 0.3 is 0 Å². The number of hydrogen-bond acceptors (Lipinski definition) is 3. The topological polar surface area (TPSA) is 41.6 Å². The minimum Gasteiger partial charge on any atom is -0.370 e. The quantitative estimate of drug-likeness (QED) is 0.882. The Balaban J connectivity index is 1.91. The van der Waals surface area contributed by atoms with Crippen molar-refractivity contribution in [3.8, 4) is 0 Å². The van der Waals surface area contributed by atoms with E-state index in [1.54, 1.807) is 0 Å². The molecule has 3 nitrogen and oxygen atoms in total. The van der Waals surface area contributed by atoms with Crippen molar-refractivity contribution >= 4 is 37.8 Å². The van der Waals surface area contributed by atoms with Crippen LogP contribution < -0.4 is 5.73 Å². The molecular formula is C12H13Br2N3. The highest BCUT2D eigenvalue weighted by Crippen LogP contribution is 2.38. The molecule has 1 atom stereocenters. The largest absolute Gasteiger partial charge is 0.370 e. The molecule has 90 valence electrons. The molecule has 1 saturated carbocycles. The van der Waals surface area contributed by atoms with Gasteiger partial charge in [-0.1, -0.05) is 6.07 Å². The Bertz CT molecular complexity index is 483. The van der Waals surface area contributed by atoms with Gasteiger partial charge in [-0.3, -0.25) is 4.99 Å². The highest BCUT2D eigenvalue weighted by molar-refractivity contribution is 9.13. The third kappa shape index (κ3) is 2.10. The van der Waals surface area contributed by atoms with E-state index in [0.717, 1.165) is 15.5 Å². The van der Waals surface area contributed by atoms with Crippen molar-refractivity contribution in [3.63, 3.8) is 0 Å². The third-order valence-corrected chi connectivity index (χ3v) is 5.17. The first-order valence-electron chi connectivity index (χ1n) is 5.70. The van der Waals surface area contributed by atoms with Crippen LogP contribution >= 0.6 is 31.9 Å². The van der Waals surface area contributed by atoms with E-state index in [-0.39, 0.29) is 0 Å². The smallest absolute Gasteiger partial charge is 0.192 e. The van der Waals surface area contributed by atoms with Gasteiger partial charge in [0.2, 0.25) is 0 Å². The second kappa shape index (κ2) is 4.28. The molecule has 1 aromatic carbocycles. The molecule has 0 aromatic heterocycles. The average Bonchev–Trinajstić information content (AvgIpc) is 3.06. The molecule has 5 heteroatoms. The van der Waals surface area contributed by atoms with Crippen molar-refractivity contribution in [2.75, 3.05) is 6.54 Å². The van der Waals surface area contributed by atoms with Gasteiger partial charge in [-0.2, -0.15) is 0 Å². The Morgan fingerprint density at radius 2 is 2.00 bits per heavy atom.